The number of piperidine rings is 1. The van der Waals surface area contributed by atoms with Crippen LogP contribution < -0.4 is 11.1 Å². The molecule has 2 atom stereocenters. The van der Waals surface area contributed by atoms with Crippen LogP contribution in [0.25, 0.3) is 0 Å². The first-order chi connectivity index (χ1) is 11.9. The molecule has 2 aliphatic rings. The third-order valence-corrected chi connectivity index (χ3v) is 5.65. The molecule has 0 spiro atoms. The molecular weight excluding hydrogens is 314 g/mol. The molecule has 2 amide bonds. The summed E-state index contributed by atoms with van der Waals surface area (Å²) in [5, 5.41) is 3.00. The highest BCUT2D eigenvalue weighted by atomic mass is 16.2. The van der Waals surface area contributed by atoms with Gasteiger partial charge in [0.1, 0.15) is 0 Å². The monoisotopic (exact) mass is 343 g/mol. The molecule has 1 aromatic carbocycles. The van der Waals surface area contributed by atoms with Crippen LogP contribution in [0, 0.1) is 18.8 Å². The van der Waals surface area contributed by atoms with Crippen LogP contribution in [-0.2, 0) is 4.79 Å². The molecule has 2 unspecified atom stereocenters. The van der Waals surface area contributed by atoms with Crippen molar-refractivity contribution in [3.63, 3.8) is 0 Å². The number of hydrogen-bond acceptors (Lipinski definition) is 3. The first-order valence-electron chi connectivity index (χ1n) is 9.40. The summed E-state index contributed by atoms with van der Waals surface area (Å²) >= 11 is 0. The lowest BCUT2D eigenvalue weighted by Crippen LogP contribution is -2.37. The maximum absolute atomic E-state index is 12.7. The van der Waals surface area contributed by atoms with E-state index in [2.05, 4.69) is 12.2 Å². The van der Waals surface area contributed by atoms with Crippen molar-refractivity contribution in [2.75, 3.05) is 18.4 Å². The van der Waals surface area contributed by atoms with Gasteiger partial charge in [0.25, 0.3) is 5.91 Å². The summed E-state index contributed by atoms with van der Waals surface area (Å²) in [5.41, 5.74) is 8.31. The Morgan fingerprint density at radius 2 is 1.88 bits per heavy atom. The fourth-order valence-corrected chi connectivity index (χ4v) is 3.82. The molecule has 1 heterocycles. The number of hydrogen-bond donors (Lipinski definition) is 2. The van der Waals surface area contributed by atoms with E-state index >= 15 is 0 Å². The Balaban J connectivity index is 1.64. The molecule has 1 aliphatic heterocycles. The standard InChI is InChI=1S/C20H29N3O2/c1-13-7-9-23(10-8-13)20(25)16-4-6-18(14(2)11-16)22-19(24)15-3-5-17(21)12-15/h4,6,11,13,15,17H,3,5,7-10,12,21H2,1-2H3,(H,22,24). The van der Waals surface area contributed by atoms with Crippen molar-refractivity contribution in [2.24, 2.45) is 17.6 Å². The first-order valence-corrected chi connectivity index (χ1v) is 9.40. The van der Waals surface area contributed by atoms with E-state index in [4.69, 9.17) is 5.73 Å². The fourth-order valence-electron chi connectivity index (χ4n) is 3.82. The van der Waals surface area contributed by atoms with Crippen LogP contribution in [0.15, 0.2) is 18.2 Å². The maximum atomic E-state index is 12.7. The Bertz CT molecular complexity index is 650. The van der Waals surface area contributed by atoms with Gasteiger partial charge in [-0.05, 0) is 68.7 Å². The Labute approximate surface area is 150 Å². The number of nitrogens with one attached hydrogen (secondary N) is 1. The highest BCUT2D eigenvalue weighted by molar-refractivity contribution is 5.97. The predicted octanol–water partition coefficient (Wildman–Crippen LogP) is 2.93. The molecule has 1 aromatic rings. The molecule has 1 aliphatic carbocycles. The van der Waals surface area contributed by atoms with E-state index in [1.807, 2.05) is 30.0 Å². The molecule has 136 valence electrons. The van der Waals surface area contributed by atoms with Gasteiger partial charge in [-0.15, -0.1) is 0 Å². The maximum Gasteiger partial charge on any atom is 0.253 e. The van der Waals surface area contributed by atoms with Gasteiger partial charge in [-0.3, -0.25) is 9.59 Å². The Kier molecular flexibility index (Phi) is 5.42. The number of nitrogens with zero attached hydrogens (tertiary/aromatic N) is 1. The lowest BCUT2D eigenvalue weighted by atomic mass is 9.98. The van der Waals surface area contributed by atoms with E-state index in [0.29, 0.717) is 11.5 Å². The lowest BCUT2D eigenvalue weighted by molar-refractivity contribution is -0.119. The van der Waals surface area contributed by atoms with E-state index < -0.39 is 0 Å². The van der Waals surface area contributed by atoms with Crippen LogP contribution in [-0.4, -0.2) is 35.8 Å². The van der Waals surface area contributed by atoms with E-state index in [-0.39, 0.29) is 23.8 Å². The lowest BCUT2D eigenvalue weighted by Gasteiger charge is -2.30. The minimum absolute atomic E-state index is 0.00560. The molecule has 2 fully saturated rings. The van der Waals surface area contributed by atoms with E-state index in [1.54, 1.807) is 0 Å². The summed E-state index contributed by atoms with van der Waals surface area (Å²) in [4.78, 5) is 27.0. The zero-order chi connectivity index (χ0) is 18.0. The number of nitrogens with two attached hydrogens (primary N) is 1. The number of likely N-dealkylation sites (tertiary alicyclic amines) is 1. The molecule has 0 aromatic heterocycles. The number of carbonyl (C=O) groups is 2. The van der Waals surface area contributed by atoms with Gasteiger partial charge in [-0.2, -0.15) is 0 Å². The molecule has 3 N–H and O–H groups in total. The summed E-state index contributed by atoms with van der Waals surface area (Å²) in [6, 6.07) is 5.70. The molecule has 25 heavy (non-hydrogen) atoms. The second-order valence-corrected chi connectivity index (χ2v) is 7.76. The van der Waals surface area contributed by atoms with Crippen molar-refractivity contribution in [1.82, 2.24) is 4.90 Å². The quantitative estimate of drug-likeness (QED) is 0.886. The smallest absolute Gasteiger partial charge is 0.253 e. The highest BCUT2D eigenvalue weighted by Gasteiger charge is 2.28. The molecule has 1 saturated heterocycles. The average Bonchev–Trinajstić information content (AvgIpc) is 3.03. The molecule has 1 saturated carbocycles. The van der Waals surface area contributed by atoms with Gasteiger partial charge in [-0.1, -0.05) is 6.92 Å². The van der Waals surface area contributed by atoms with E-state index in [0.717, 1.165) is 56.4 Å². The summed E-state index contributed by atoms with van der Waals surface area (Å²) in [6.45, 7) is 5.84. The third kappa shape index (κ3) is 4.21. The van der Waals surface area contributed by atoms with Crippen molar-refractivity contribution in [1.29, 1.82) is 0 Å². The van der Waals surface area contributed by atoms with Gasteiger partial charge in [0, 0.05) is 36.3 Å². The van der Waals surface area contributed by atoms with Crippen LogP contribution in [0.5, 0.6) is 0 Å². The molecule has 5 heteroatoms. The molecule has 0 radical (unpaired) electrons. The van der Waals surface area contributed by atoms with Gasteiger partial charge in [0.05, 0.1) is 0 Å². The van der Waals surface area contributed by atoms with Crippen LogP contribution in [0.4, 0.5) is 5.69 Å². The molecule has 5 nitrogen and oxygen atoms in total. The average molecular weight is 343 g/mol. The Morgan fingerprint density at radius 3 is 2.48 bits per heavy atom. The SMILES string of the molecule is Cc1cc(C(=O)N2CCC(C)CC2)ccc1NC(=O)C1CCC(N)C1. The largest absolute Gasteiger partial charge is 0.339 e. The second kappa shape index (κ2) is 7.56. The van der Waals surface area contributed by atoms with Gasteiger partial charge < -0.3 is 16.0 Å². The first kappa shape index (κ1) is 17.9. The topological polar surface area (TPSA) is 75.4 Å². The van der Waals surface area contributed by atoms with Crippen LogP contribution in [0.3, 0.4) is 0 Å². The summed E-state index contributed by atoms with van der Waals surface area (Å²) in [5.74, 6) is 0.841. The predicted molar refractivity (Wildman–Crippen MR) is 99.4 cm³/mol. The summed E-state index contributed by atoms with van der Waals surface area (Å²) in [7, 11) is 0. The van der Waals surface area contributed by atoms with Gasteiger partial charge in [0.2, 0.25) is 5.91 Å². The van der Waals surface area contributed by atoms with Crippen molar-refractivity contribution in [2.45, 2.75) is 52.0 Å². The number of amides is 2. The summed E-state index contributed by atoms with van der Waals surface area (Å²) in [6.07, 6.45) is 4.68. The number of carbonyl (C=O) groups excluding carboxylic acids is 2. The highest BCUT2D eigenvalue weighted by Crippen LogP contribution is 2.27. The van der Waals surface area contributed by atoms with Gasteiger partial charge >= 0.3 is 0 Å². The number of aryl methyl sites for hydroxylation is 1. The summed E-state index contributed by atoms with van der Waals surface area (Å²) < 4.78 is 0. The fraction of sp³-hybridized carbons (Fsp3) is 0.600. The van der Waals surface area contributed by atoms with Crippen LogP contribution >= 0.6 is 0 Å². The molecule has 0 bridgehead atoms. The van der Waals surface area contributed by atoms with Crippen molar-refractivity contribution in [3.05, 3.63) is 29.3 Å². The zero-order valence-electron chi connectivity index (χ0n) is 15.3. The van der Waals surface area contributed by atoms with Crippen molar-refractivity contribution >= 4 is 17.5 Å². The van der Waals surface area contributed by atoms with Crippen molar-refractivity contribution in [3.8, 4) is 0 Å². The van der Waals surface area contributed by atoms with Crippen molar-refractivity contribution < 1.29 is 9.59 Å². The van der Waals surface area contributed by atoms with Crippen LogP contribution in [0.2, 0.25) is 0 Å². The number of rotatable bonds is 3. The van der Waals surface area contributed by atoms with E-state index in [9.17, 15) is 9.59 Å². The molecular formula is C20H29N3O2. The third-order valence-electron chi connectivity index (χ3n) is 5.65. The Hall–Kier alpha value is -1.88. The van der Waals surface area contributed by atoms with E-state index in [1.165, 1.54) is 0 Å². The molecule has 3 rings (SSSR count). The van der Waals surface area contributed by atoms with Crippen LogP contribution in [0.1, 0.15) is 54.9 Å². The minimum Gasteiger partial charge on any atom is -0.339 e. The van der Waals surface area contributed by atoms with Gasteiger partial charge in [-0.25, -0.2) is 0 Å². The zero-order valence-corrected chi connectivity index (χ0v) is 15.3. The number of anilines is 1. The minimum atomic E-state index is 0.00560. The normalized spacial score (nSPS) is 24.4. The Morgan fingerprint density at radius 1 is 1.16 bits per heavy atom. The second-order valence-electron chi connectivity index (χ2n) is 7.76. The van der Waals surface area contributed by atoms with Gasteiger partial charge in [0.15, 0.2) is 0 Å². The number of benzene rings is 1.